The van der Waals surface area contributed by atoms with Crippen LogP contribution in [0.1, 0.15) is 54.7 Å². The standard InChI is InChI=1S/C24H30N8O10S.3CO.Re/c33-21(34)7-5-19(23(37)38)31-13-17(25-28-31)11-30(10-9-15-1-3-16(4-2-15)27-43(41)42)12-18-14-32(29-26-18)20(24(39)40)6-8-22(35)36;3*1-2;/h1-4,13-14,19-20,27H,5-12H2,(H,33,34)(H,35,36)(H,37,38)(H,39,40)(H,41,42);;;;/p-1/t19-,20-;;;;/m0..../s1. The second-order valence-electron chi connectivity index (χ2n) is 9.45. The fraction of sp³-hybridized carbons (Fsp3) is 0.370. The van der Waals surface area contributed by atoms with Gasteiger partial charge in [0.2, 0.25) is 0 Å². The van der Waals surface area contributed by atoms with Crippen LogP contribution in [0.3, 0.4) is 0 Å². The first-order valence-electron chi connectivity index (χ1n) is 13.4. The van der Waals surface area contributed by atoms with Gasteiger partial charge in [-0.25, -0.2) is 19.0 Å². The molecule has 1 unspecified atom stereocenters. The maximum atomic E-state index is 11.7. The van der Waals surface area contributed by atoms with E-state index in [9.17, 15) is 38.2 Å². The summed E-state index contributed by atoms with van der Waals surface area (Å²) in [5.74, 6) is -4.82. The zero-order chi connectivity index (χ0) is 37.5. The van der Waals surface area contributed by atoms with Gasteiger partial charge in [-0.3, -0.25) is 18.7 Å². The summed E-state index contributed by atoms with van der Waals surface area (Å²) in [5, 5.41) is 52.8. The van der Waals surface area contributed by atoms with Gasteiger partial charge in [0.05, 0.1) is 23.8 Å². The summed E-state index contributed by atoms with van der Waals surface area (Å²) in [5.41, 5.74) is 1.99. The molecule has 3 aromatic rings. The van der Waals surface area contributed by atoms with Crippen LogP contribution in [-0.2, 0) is 84.3 Å². The van der Waals surface area contributed by atoms with Gasteiger partial charge < -0.3 is 29.7 Å². The Morgan fingerprint density at radius 1 is 0.800 bits per heavy atom. The molecule has 269 valence electrons. The van der Waals surface area contributed by atoms with E-state index in [1.165, 1.54) is 12.4 Å². The average molecular weight is 892 g/mol. The van der Waals surface area contributed by atoms with Crippen molar-refractivity contribution in [2.45, 2.75) is 57.3 Å². The molecule has 2 aromatic heterocycles. The molecule has 0 saturated heterocycles. The molecule has 0 bridgehead atoms. The van der Waals surface area contributed by atoms with Crippen molar-refractivity contribution in [3.05, 3.63) is 73.6 Å². The van der Waals surface area contributed by atoms with Gasteiger partial charge in [-0.15, -0.1) is 10.2 Å². The number of anilines is 1. The third-order valence-corrected chi connectivity index (χ3v) is 6.63. The van der Waals surface area contributed by atoms with Crippen molar-refractivity contribution >= 4 is 40.8 Å². The number of benzene rings is 1. The van der Waals surface area contributed by atoms with Crippen LogP contribution < -0.4 is 4.72 Å². The SMILES string of the molecule is O=C(O)CC[C@@H](C(=O)O)n1cc(CN(CCc2ccc(NS(=O)[O-])cc2)Cc2cn([C@@H](CCC(=O)O)C(=O)O)nn2)nn1.[C-]#[O+].[C-]#[O+].[C-]#[O+].[Re]. The number of nitrogens with zero attached hydrogens (tertiary/aromatic N) is 7. The van der Waals surface area contributed by atoms with E-state index in [0.717, 1.165) is 14.9 Å². The topological polar surface area (TPSA) is 326 Å². The van der Waals surface area contributed by atoms with Crippen LogP contribution in [0, 0.1) is 20.0 Å². The number of hydrogen-bond acceptors (Lipinski definition) is 11. The molecular formula is C27H29N8O13ReS-. The van der Waals surface area contributed by atoms with Crippen LogP contribution in [0.2, 0.25) is 0 Å². The Labute approximate surface area is 299 Å². The Balaban J connectivity index is 0. The maximum Gasteiger partial charge on any atom is 0 e. The Kier molecular flexibility index (Phi) is 24.6. The summed E-state index contributed by atoms with van der Waals surface area (Å²) < 4.78 is 48.6. The number of hydrogen-bond donors (Lipinski definition) is 5. The summed E-state index contributed by atoms with van der Waals surface area (Å²) in [4.78, 5) is 47.1. The Morgan fingerprint density at radius 3 is 1.54 bits per heavy atom. The molecule has 0 aliphatic carbocycles. The molecule has 0 aliphatic heterocycles. The van der Waals surface area contributed by atoms with Crippen LogP contribution in [0.25, 0.3) is 0 Å². The largest absolute Gasteiger partial charge is 0 e. The van der Waals surface area contributed by atoms with Gasteiger partial charge in [0, 0.05) is 69.9 Å². The summed E-state index contributed by atoms with van der Waals surface area (Å²) in [6.07, 6.45) is 2.14. The minimum Gasteiger partial charge on any atom is 0 e. The summed E-state index contributed by atoms with van der Waals surface area (Å²) in [7, 11) is 0. The monoisotopic (exact) mass is 892 g/mol. The van der Waals surface area contributed by atoms with Crippen molar-refractivity contribution < 1.29 is 82.7 Å². The molecule has 0 saturated carbocycles. The third kappa shape index (κ3) is 17.5. The number of carboxylic acids is 4. The van der Waals surface area contributed by atoms with Crippen LogP contribution >= 0.6 is 0 Å². The molecule has 50 heavy (non-hydrogen) atoms. The molecule has 23 heteroatoms. The number of carboxylic acid groups (broad SMARTS) is 4. The van der Waals surface area contributed by atoms with E-state index in [1.54, 1.807) is 24.3 Å². The van der Waals surface area contributed by atoms with Crippen molar-refractivity contribution in [1.29, 1.82) is 0 Å². The molecule has 0 amide bonds. The van der Waals surface area contributed by atoms with Crippen LogP contribution in [0.5, 0.6) is 0 Å². The molecule has 21 nitrogen and oxygen atoms in total. The van der Waals surface area contributed by atoms with E-state index in [0.29, 0.717) is 30.0 Å². The van der Waals surface area contributed by atoms with Gasteiger partial charge in [-0.05, 0) is 37.0 Å². The van der Waals surface area contributed by atoms with E-state index in [1.807, 2.05) is 4.90 Å². The van der Waals surface area contributed by atoms with E-state index < -0.39 is 47.2 Å². The van der Waals surface area contributed by atoms with E-state index in [4.69, 9.17) is 24.2 Å². The summed E-state index contributed by atoms with van der Waals surface area (Å²) in [6.45, 7) is 14.2. The number of carbonyl (C=O) groups is 4. The second-order valence-corrected chi connectivity index (χ2v) is 10.1. The molecule has 3 rings (SSSR count). The molecule has 1 aromatic carbocycles. The maximum absolute atomic E-state index is 11.7. The molecule has 3 atom stereocenters. The van der Waals surface area contributed by atoms with Crippen molar-refractivity contribution in [2.24, 2.45) is 0 Å². The number of aromatic nitrogens is 6. The average Bonchev–Trinajstić information content (AvgIpc) is 3.72. The molecule has 0 fully saturated rings. The Morgan fingerprint density at radius 2 is 1.20 bits per heavy atom. The van der Waals surface area contributed by atoms with Gasteiger partial charge >= 0.3 is 57.8 Å². The van der Waals surface area contributed by atoms with Gasteiger partial charge in [0.1, 0.15) is 0 Å². The third-order valence-electron chi connectivity index (χ3n) is 6.23. The molecule has 2 heterocycles. The fourth-order valence-electron chi connectivity index (χ4n) is 4.13. The number of aliphatic carboxylic acids is 4. The molecule has 0 aliphatic rings. The number of rotatable bonds is 19. The minimum atomic E-state index is -2.47. The fourth-order valence-corrected chi connectivity index (χ4v) is 4.46. The zero-order valence-corrected chi connectivity index (χ0v) is 29.2. The van der Waals surface area contributed by atoms with Crippen LogP contribution in [0.4, 0.5) is 5.69 Å². The van der Waals surface area contributed by atoms with Crippen LogP contribution in [0.15, 0.2) is 36.7 Å². The normalized spacial score (nSPS) is 11.6. The van der Waals surface area contributed by atoms with Crippen molar-refractivity contribution in [1.82, 2.24) is 34.9 Å². The predicted molar refractivity (Wildman–Crippen MR) is 156 cm³/mol. The van der Waals surface area contributed by atoms with Crippen molar-refractivity contribution in [3.63, 3.8) is 0 Å². The van der Waals surface area contributed by atoms with Gasteiger partial charge in [-0.1, -0.05) is 22.6 Å². The van der Waals surface area contributed by atoms with Gasteiger partial charge in [0.15, 0.2) is 12.1 Å². The molecule has 1 radical (unpaired) electrons. The molecule has 5 N–H and O–H groups in total. The number of nitrogens with one attached hydrogen (secondary N) is 1. The predicted octanol–water partition coefficient (Wildman–Crippen LogP) is 0.186. The Bertz CT molecular complexity index is 1500. The van der Waals surface area contributed by atoms with E-state index in [2.05, 4.69) is 45.3 Å². The van der Waals surface area contributed by atoms with Crippen LogP contribution in [-0.4, -0.2) is 94.5 Å². The zero-order valence-electron chi connectivity index (χ0n) is 25.7. The smallest absolute Gasteiger partial charge is 0 e. The summed E-state index contributed by atoms with van der Waals surface area (Å²) >= 11 is -2.47. The van der Waals surface area contributed by atoms with Crippen molar-refractivity contribution in [2.75, 3.05) is 11.3 Å². The summed E-state index contributed by atoms with van der Waals surface area (Å²) in [6, 6.07) is 4.19. The van der Waals surface area contributed by atoms with Gasteiger partial charge in [-0.2, -0.15) is 0 Å². The minimum absolute atomic E-state index is 0. The van der Waals surface area contributed by atoms with E-state index in [-0.39, 0.29) is 59.2 Å². The molecular weight excluding hydrogens is 863 g/mol. The Hall–Kier alpha value is -4.87. The first-order valence-corrected chi connectivity index (χ1v) is 14.5. The van der Waals surface area contributed by atoms with E-state index >= 15 is 0 Å². The first kappa shape index (κ1) is 47.2. The second kappa shape index (κ2) is 26.1. The quantitative estimate of drug-likeness (QED) is 0.0609. The van der Waals surface area contributed by atoms with Gasteiger partial charge in [0.25, 0.3) is 0 Å². The first-order chi connectivity index (χ1) is 23.4. The van der Waals surface area contributed by atoms with Crippen molar-refractivity contribution in [3.8, 4) is 0 Å². The molecule has 0 spiro atoms.